The average Bonchev–Trinajstić information content (AvgIpc) is 3.37. The van der Waals surface area contributed by atoms with E-state index < -0.39 is 5.91 Å². The summed E-state index contributed by atoms with van der Waals surface area (Å²) in [5.74, 6) is 0.921. The van der Waals surface area contributed by atoms with E-state index in [1.54, 1.807) is 6.07 Å². The van der Waals surface area contributed by atoms with Gasteiger partial charge in [0.1, 0.15) is 5.76 Å². The zero-order valence-corrected chi connectivity index (χ0v) is 15.4. The van der Waals surface area contributed by atoms with E-state index in [9.17, 15) is 9.59 Å². The molecule has 2 fully saturated rings. The van der Waals surface area contributed by atoms with Gasteiger partial charge in [-0.05, 0) is 25.7 Å². The molecule has 0 radical (unpaired) electrons. The van der Waals surface area contributed by atoms with Crippen LogP contribution in [0.3, 0.4) is 0 Å². The van der Waals surface area contributed by atoms with Gasteiger partial charge in [0, 0.05) is 44.1 Å². The smallest absolute Gasteiger partial charge is 0.270 e. The molecule has 26 heavy (non-hydrogen) atoms. The number of nitrogens with two attached hydrogens (primary N) is 3. The van der Waals surface area contributed by atoms with Crippen molar-refractivity contribution in [3.8, 4) is 0 Å². The minimum absolute atomic E-state index is 0.176. The molecule has 2 aliphatic rings. The molecule has 8 nitrogen and oxygen atoms in total. The molecular formula is C18H31N5O3. The molecule has 0 aliphatic heterocycles. The number of amides is 2. The van der Waals surface area contributed by atoms with E-state index in [1.807, 2.05) is 4.90 Å². The first-order chi connectivity index (χ1) is 12.6. The molecule has 6 N–H and O–H groups in total. The second-order valence-corrected chi connectivity index (χ2v) is 6.96. The molecule has 3 rings (SSSR count). The van der Waals surface area contributed by atoms with Gasteiger partial charge in [-0.3, -0.25) is 9.59 Å². The molecule has 1 heterocycles. The molecule has 0 aromatic carbocycles. The summed E-state index contributed by atoms with van der Waals surface area (Å²) < 4.78 is 4.90. The predicted molar refractivity (Wildman–Crippen MR) is 98.3 cm³/mol. The van der Waals surface area contributed by atoms with E-state index in [1.165, 1.54) is 19.3 Å². The third-order valence-corrected chi connectivity index (χ3v) is 4.82. The van der Waals surface area contributed by atoms with Crippen LogP contribution in [0.15, 0.2) is 10.6 Å². The Morgan fingerprint density at radius 2 is 1.81 bits per heavy atom. The second kappa shape index (κ2) is 10.3. The molecule has 8 heteroatoms. The van der Waals surface area contributed by atoms with Crippen LogP contribution < -0.4 is 17.2 Å². The van der Waals surface area contributed by atoms with Gasteiger partial charge in [-0.25, -0.2) is 0 Å². The Hall–Kier alpha value is -1.93. The summed E-state index contributed by atoms with van der Waals surface area (Å²) in [6, 6.07) is 2.04. The zero-order valence-electron chi connectivity index (χ0n) is 15.4. The van der Waals surface area contributed by atoms with E-state index >= 15 is 0 Å². The molecule has 2 amide bonds. The van der Waals surface area contributed by atoms with Gasteiger partial charge in [0.15, 0.2) is 5.69 Å². The third kappa shape index (κ3) is 6.10. The predicted octanol–water partition coefficient (Wildman–Crippen LogP) is 1.11. The molecule has 0 unspecified atom stereocenters. The Balaban J connectivity index is 0.000000195. The molecule has 0 bridgehead atoms. The van der Waals surface area contributed by atoms with Crippen molar-refractivity contribution in [1.82, 2.24) is 10.1 Å². The van der Waals surface area contributed by atoms with Crippen molar-refractivity contribution in [3.63, 3.8) is 0 Å². The van der Waals surface area contributed by atoms with Crippen LogP contribution in [0, 0.1) is 0 Å². The Kier molecular flexibility index (Phi) is 8.06. The molecule has 1 aromatic heterocycles. The summed E-state index contributed by atoms with van der Waals surface area (Å²) in [5.41, 5.74) is 16.2. The quantitative estimate of drug-likeness (QED) is 0.660. The van der Waals surface area contributed by atoms with E-state index in [-0.39, 0.29) is 11.6 Å². The fraction of sp³-hybridized carbons (Fsp3) is 0.722. The van der Waals surface area contributed by atoms with Crippen LogP contribution >= 0.6 is 0 Å². The van der Waals surface area contributed by atoms with Crippen molar-refractivity contribution in [3.05, 3.63) is 17.5 Å². The molecule has 1 aromatic rings. The first-order valence-corrected chi connectivity index (χ1v) is 9.52. The average molecular weight is 365 g/mol. The van der Waals surface area contributed by atoms with Gasteiger partial charge < -0.3 is 26.6 Å². The van der Waals surface area contributed by atoms with Crippen LogP contribution in [0.25, 0.3) is 0 Å². The molecule has 2 saturated carbocycles. The Bertz CT molecular complexity index is 579. The number of carbonyl (C=O) groups is 2. The fourth-order valence-electron chi connectivity index (χ4n) is 3.28. The summed E-state index contributed by atoms with van der Waals surface area (Å²) >= 11 is 0. The zero-order chi connectivity index (χ0) is 18.9. The van der Waals surface area contributed by atoms with Gasteiger partial charge in [-0.2, -0.15) is 0 Å². The lowest BCUT2D eigenvalue weighted by Gasteiger charge is -2.34. The van der Waals surface area contributed by atoms with Crippen LogP contribution in [0.1, 0.15) is 73.5 Å². The Morgan fingerprint density at radius 3 is 2.31 bits per heavy atom. The van der Waals surface area contributed by atoms with Crippen LogP contribution in [0.2, 0.25) is 0 Å². The minimum Gasteiger partial charge on any atom is -0.364 e. The third-order valence-electron chi connectivity index (χ3n) is 4.82. The lowest BCUT2D eigenvalue weighted by atomic mass is 9.94. The van der Waals surface area contributed by atoms with Crippen molar-refractivity contribution in [2.24, 2.45) is 17.2 Å². The van der Waals surface area contributed by atoms with Crippen molar-refractivity contribution in [2.75, 3.05) is 19.6 Å². The van der Waals surface area contributed by atoms with Gasteiger partial charge in [0.2, 0.25) is 5.91 Å². The standard InChI is InChI=1S/C11H23N3O.C7H8N2O2/c12-7-6-11(15)14(9-8-13)10-4-2-1-3-5-10;8-7(10)5-3-6(11-9-5)4-1-2-4/h10H,1-9,12-13H2;3-4H,1-2H2,(H2,8,10). The first kappa shape index (κ1) is 20.4. The molecule has 0 saturated heterocycles. The van der Waals surface area contributed by atoms with Gasteiger partial charge in [-0.1, -0.05) is 24.4 Å². The Morgan fingerprint density at radius 1 is 1.12 bits per heavy atom. The van der Waals surface area contributed by atoms with Crippen LogP contribution in [0.5, 0.6) is 0 Å². The summed E-state index contributed by atoms with van der Waals surface area (Å²) in [4.78, 5) is 24.3. The summed E-state index contributed by atoms with van der Waals surface area (Å²) in [6.07, 6.45) is 8.77. The van der Waals surface area contributed by atoms with E-state index in [0.29, 0.717) is 38.0 Å². The number of aromatic nitrogens is 1. The highest BCUT2D eigenvalue weighted by molar-refractivity contribution is 5.90. The summed E-state index contributed by atoms with van der Waals surface area (Å²) in [6.45, 7) is 1.67. The van der Waals surface area contributed by atoms with Gasteiger partial charge in [0.25, 0.3) is 5.91 Å². The van der Waals surface area contributed by atoms with Crippen molar-refractivity contribution in [1.29, 1.82) is 0 Å². The topological polar surface area (TPSA) is 141 Å². The van der Waals surface area contributed by atoms with E-state index in [4.69, 9.17) is 21.7 Å². The van der Waals surface area contributed by atoms with Crippen LogP contribution in [0.4, 0.5) is 0 Å². The first-order valence-electron chi connectivity index (χ1n) is 9.52. The van der Waals surface area contributed by atoms with Gasteiger partial charge >= 0.3 is 0 Å². The number of rotatable bonds is 7. The molecule has 0 atom stereocenters. The number of primary amides is 1. The lowest BCUT2D eigenvalue weighted by molar-refractivity contribution is -0.133. The van der Waals surface area contributed by atoms with Crippen molar-refractivity contribution in [2.45, 2.75) is 63.3 Å². The molecule has 146 valence electrons. The largest absolute Gasteiger partial charge is 0.364 e. The van der Waals surface area contributed by atoms with E-state index in [0.717, 1.165) is 31.4 Å². The van der Waals surface area contributed by atoms with Gasteiger partial charge in [0.05, 0.1) is 0 Å². The molecular weight excluding hydrogens is 334 g/mol. The normalized spacial score (nSPS) is 17.3. The fourth-order valence-corrected chi connectivity index (χ4v) is 3.28. The number of nitrogens with zero attached hydrogens (tertiary/aromatic N) is 2. The highest BCUT2D eigenvalue weighted by Crippen LogP contribution is 2.40. The lowest BCUT2D eigenvalue weighted by Crippen LogP contribution is -2.44. The maximum absolute atomic E-state index is 11.8. The number of carbonyl (C=O) groups excluding carboxylic acids is 2. The minimum atomic E-state index is -0.527. The Labute approximate surface area is 154 Å². The maximum Gasteiger partial charge on any atom is 0.270 e. The highest BCUT2D eigenvalue weighted by Gasteiger charge is 2.28. The molecule has 2 aliphatic carbocycles. The highest BCUT2D eigenvalue weighted by atomic mass is 16.5. The molecule has 0 spiro atoms. The summed E-state index contributed by atoms with van der Waals surface area (Å²) in [5, 5.41) is 3.53. The van der Waals surface area contributed by atoms with Crippen molar-refractivity contribution < 1.29 is 14.1 Å². The SMILES string of the molecule is NC(=O)c1cc(C2CC2)on1.NCCC(=O)N(CCN)C1CCCCC1. The van der Waals surface area contributed by atoms with Crippen molar-refractivity contribution >= 4 is 11.8 Å². The summed E-state index contributed by atoms with van der Waals surface area (Å²) in [7, 11) is 0. The van der Waals surface area contributed by atoms with Crippen LogP contribution in [-0.2, 0) is 4.79 Å². The second-order valence-electron chi connectivity index (χ2n) is 6.96. The number of hydrogen-bond acceptors (Lipinski definition) is 6. The maximum atomic E-state index is 11.8. The van der Waals surface area contributed by atoms with E-state index in [2.05, 4.69) is 5.16 Å². The van der Waals surface area contributed by atoms with Crippen LogP contribution in [-0.4, -0.2) is 47.5 Å². The monoisotopic (exact) mass is 365 g/mol. The number of hydrogen-bond donors (Lipinski definition) is 3. The van der Waals surface area contributed by atoms with Gasteiger partial charge in [-0.15, -0.1) is 0 Å².